The fourth-order valence-corrected chi connectivity index (χ4v) is 2.96. The van der Waals surface area contributed by atoms with E-state index in [4.69, 9.17) is 4.74 Å². The lowest BCUT2D eigenvalue weighted by molar-refractivity contribution is -0.143. The molecule has 1 aliphatic carbocycles. The molecule has 1 aliphatic rings. The van der Waals surface area contributed by atoms with Gasteiger partial charge in [-0.1, -0.05) is 18.2 Å². The Labute approximate surface area is 122 Å². The Morgan fingerprint density at radius 2 is 2.10 bits per heavy atom. The number of rotatable bonds is 3. The molecule has 0 fully saturated rings. The van der Waals surface area contributed by atoms with Gasteiger partial charge in [-0.05, 0) is 41.8 Å². The summed E-state index contributed by atoms with van der Waals surface area (Å²) in [4.78, 5) is 24.2. The van der Waals surface area contributed by atoms with Crippen LogP contribution in [0.4, 0.5) is 0 Å². The quantitative estimate of drug-likeness (QED) is 0.880. The van der Waals surface area contributed by atoms with Gasteiger partial charge in [-0.15, -0.1) is 0 Å². The predicted molar refractivity (Wildman–Crippen MR) is 78.4 cm³/mol. The molecule has 0 amide bonds. The van der Waals surface area contributed by atoms with Crippen molar-refractivity contribution >= 4 is 22.5 Å². The SMILES string of the molecule is CCOC(=O)C[C@@H]1Cc2ccc3ccc(O)cc3c2C1=O. The van der Waals surface area contributed by atoms with E-state index in [1.54, 1.807) is 25.1 Å². The molecule has 0 spiro atoms. The number of fused-ring (bicyclic) bond motifs is 3. The summed E-state index contributed by atoms with van der Waals surface area (Å²) in [6.07, 6.45) is 0.667. The second-order valence-corrected chi connectivity index (χ2v) is 5.28. The van der Waals surface area contributed by atoms with Crippen molar-refractivity contribution in [2.75, 3.05) is 6.61 Å². The van der Waals surface area contributed by atoms with Gasteiger partial charge in [0, 0.05) is 11.5 Å². The first-order chi connectivity index (χ1) is 10.1. The molecule has 0 unspecified atom stereocenters. The molecule has 4 nitrogen and oxygen atoms in total. The third-order valence-corrected chi connectivity index (χ3v) is 3.89. The van der Waals surface area contributed by atoms with Gasteiger partial charge in [0.25, 0.3) is 0 Å². The summed E-state index contributed by atoms with van der Waals surface area (Å²) in [7, 11) is 0. The fraction of sp³-hybridized carbons (Fsp3) is 0.294. The number of carbonyl (C=O) groups is 2. The van der Waals surface area contributed by atoms with Crippen LogP contribution in [0.5, 0.6) is 5.75 Å². The number of benzene rings is 2. The molecular weight excluding hydrogens is 268 g/mol. The first kappa shape index (κ1) is 13.6. The maximum absolute atomic E-state index is 12.6. The van der Waals surface area contributed by atoms with Crippen molar-refractivity contribution in [2.45, 2.75) is 19.8 Å². The van der Waals surface area contributed by atoms with Gasteiger partial charge >= 0.3 is 5.97 Å². The van der Waals surface area contributed by atoms with Crippen LogP contribution in [0.1, 0.15) is 29.3 Å². The van der Waals surface area contributed by atoms with Gasteiger partial charge in [-0.25, -0.2) is 0 Å². The van der Waals surface area contributed by atoms with Crippen LogP contribution in [-0.4, -0.2) is 23.5 Å². The maximum atomic E-state index is 12.6. The minimum atomic E-state index is -0.355. The molecule has 3 rings (SSSR count). The van der Waals surface area contributed by atoms with Crippen LogP contribution >= 0.6 is 0 Å². The van der Waals surface area contributed by atoms with Crippen molar-refractivity contribution in [3.8, 4) is 5.75 Å². The molecule has 0 saturated carbocycles. The Morgan fingerprint density at radius 3 is 2.86 bits per heavy atom. The standard InChI is InChI=1S/C17H16O4/c1-2-21-15(19)8-12-7-11-4-3-10-5-6-13(18)9-14(10)16(11)17(12)20/h3-6,9,12,18H,2,7-8H2,1H3/t12-/m0/s1. The van der Waals surface area contributed by atoms with Crippen LogP contribution < -0.4 is 0 Å². The highest BCUT2D eigenvalue weighted by Gasteiger charge is 2.33. The van der Waals surface area contributed by atoms with E-state index in [0.29, 0.717) is 18.6 Å². The molecule has 4 heteroatoms. The predicted octanol–water partition coefficient (Wildman–Crippen LogP) is 2.85. The van der Waals surface area contributed by atoms with E-state index in [-0.39, 0.29) is 29.8 Å². The number of hydrogen-bond donors (Lipinski definition) is 1. The van der Waals surface area contributed by atoms with Crippen LogP contribution in [0.2, 0.25) is 0 Å². The number of hydrogen-bond acceptors (Lipinski definition) is 4. The molecule has 0 saturated heterocycles. The van der Waals surface area contributed by atoms with Crippen molar-refractivity contribution < 1.29 is 19.4 Å². The van der Waals surface area contributed by atoms with E-state index in [1.165, 1.54) is 0 Å². The first-order valence-electron chi connectivity index (χ1n) is 7.04. The number of aromatic hydroxyl groups is 1. The Bertz CT molecular complexity index is 733. The number of ether oxygens (including phenoxy) is 1. The molecule has 108 valence electrons. The Hall–Kier alpha value is -2.36. The number of esters is 1. The van der Waals surface area contributed by atoms with Crippen LogP contribution in [0, 0.1) is 5.92 Å². The Morgan fingerprint density at radius 1 is 1.33 bits per heavy atom. The zero-order valence-corrected chi connectivity index (χ0v) is 11.8. The number of Topliss-reactive ketones (excluding diaryl/α,β-unsaturated/α-hetero) is 1. The number of ketones is 1. The zero-order chi connectivity index (χ0) is 15.0. The van der Waals surface area contributed by atoms with E-state index < -0.39 is 0 Å². The van der Waals surface area contributed by atoms with Crippen LogP contribution in [0.25, 0.3) is 10.8 Å². The largest absolute Gasteiger partial charge is 0.508 e. The van der Waals surface area contributed by atoms with Crippen molar-refractivity contribution in [1.82, 2.24) is 0 Å². The molecule has 21 heavy (non-hydrogen) atoms. The molecular formula is C17H16O4. The van der Waals surface area contributed by atoms with Gasteiger partial charge in [-0.2, -0.15) is 0 Å². The van der Waals surface area contributed by atoms with Crippen molar-refractivity contribution in [2.24, 2.45) is 5.92 Å². The van der Waals surface area contributed by atoms with E-state index in [1.807, 2.05) is 12.1 Å². The van der Waals surface area contributed by atoms with Crippen molar-refractivity contribution in [3.05, 3.63) is 41.5 Å². The summed E-state index contributed by atoms with van der Waals surface area (Å²) in [6, 6.07) is 8.87. The summed E-state index contributed by atoms with van der Waals surface area (Å²) < 4.78 is 4.93. The molecule has 2 aromatic carbocycles. The van der Waals surface area contributed by atoms with E-state index >= 15 is 0 Å². The van der Waals surface area contributed by atoms with Crippen molar-refractivity contribution in [3.63, 3.8) is 0 Å². The third kappa shape index (κ3) is 2.37. The number of phenols is 1. The van der Waals surface area contributed by atoms with Crippen LogP contribution in [0.3, 0.4) is 0 Å². The second-order valence-electron chi connectivity index (χ2n) is 5.28. The van der Waals surface area contributed by atoms with Gasteiger partial charge in [0.15, 0.2) is 5.78 Å². The topological polar surface area (TPSA) is 63.6 Å². The van der Waals surface area contributed by atoms with Crippen LogP contribution in [0.15, 0.2) is 30.3 Å². The van der Waals surface area contributed by atoms with Gasteiger partial charge in [0.1, 0.15) is 5.75 Å². The fourth-order valence-electron chi connectivity index (χ4n) is 2.96. The minimum Gasteiger partial charge on any atom is -0.508 e. The highest BCUT2D eigenvalue weighted by Crippen LogP contribution is 2.35. The molecule has 0 bridgehead atoms. The maximum Gasteiger partial charge on any atom is 0.306 e. The lowest BCUT2D eigenvalue weighted by Crippen LogP contribution is -2.16. The first-order valence-corrected chi connectivity index (χ1v) is 7.04. The highest BCUT2D eigenvalue weighted by molar-refractivity contribution is 6.13. The molecule has 0 aromatic heterocycles. The lowest BCUT2D eigenvalue weighted by Gasteiger charge is -2.07. The van der Waals surface area contributed by atoms with E-state index in [0.717, 1.165) is 16.3 Å². The van der Waals surface area contributed by atoms with Gasteiger partial charge in [-0.3, -0.25) is 9.59 Å². The summed E-state index contributed by atoms with van der Waals surface area (Å²) in [5.74, 6) is -0.588. The smallest absolute Gasteiger partial charge is 0.306 e. The molecule has 1 atom stereocenters. The summed E-state index contributed by atoms with van der Waals surface area (Å²) in [5.41, 5.74) is 1.57. The van der Waals surface area contributed by atoms with E-state index in [9.17, 15) is 14.7 Å². The zero-order valence-electron chi connectivity index (χ0n) is 11.8. The molecule has 0 aliphatic heterocycles. The van der Waals surface area contributed by atoms with Crippen LogP contribution in [-0.2, 0) is 16.0 Å². The molecule has 0 radical (unpaired) electrons. The molecule has 0 heterocycles. The van der Waals surface area contributed by atoms with Gasteiger partial charge < -0.3 is 9.84 Å². The Kier molecular flexibility index (Phi) is 3.37. The monoisotopic (exact) mass is 284 g/mol. The second kappa shape index (κ2) is 5.20. The lowest BCUT2D eigenvalue weighted by atomic mass is 9.98. The summed E-state index contributed by atoms with van der Waals surface area (Å²) in [5, 5.41) is 11.3. The summed E-state index contributed by atoms with van der Waals surface area (Å²) >= 11 is 0. The van der Waals surface area contributed by atoms with Gasteiger partial charge in [0.2, 0.25) is 0 Å². The number of carbonyl (C=O) groups excluding carboxylic acids is 2. The summed E-state index contributed by atoms with van der Waals surface area (Å²) in [6.45, 7) is 2.07. The molecule has 2 aromatic rings. The average molecular weight is 284 g/mol. The average Bonchev–Trinajstić information content (AvgIpc) is 2.76. The number of phenolic OH excluding ortho intramolecular Hbond substituents is 1. The van der Waals surface area contributed by atoms with E-state index in [2.05, 4.69) is 0 Å². The highest BCUT2D eigenvalue weighted by atomic mass is 16.5. The third-order valence-electron chi connectivity index (χ3n) is 3.89. The van der Waals surface area contributed by atoms with Gasteiger partial charge in [0.05, 0.1) is 13.0 Å². The Balaban J connectivity index is 1.98. The minimum absolute atomic E-state index is 0.0331. The normalized spacial score (nSPS) is 17.0. The van der Waals surface area contributed by atoms with Crippen molar-refractivity contribution in [1.29, 1.82) is 0 Å². The molecule has 1 N–H and O–H groups in total.